The van der Waals surface area contributed by atoms with E-state index >= 15 is 0 Å². The van der Waals surface area contributed by atoms with Crippen molar-refractivity contribution in [2.24, 2.45) is 0 Å². The minimum Gasteiger partial charge on any atom is -0.480 e. The number of amides is 2. The predicted octanol–water partition coefficient (Wildman–Crippen LogP) is 4.01. The summed E-state index contributed by atoms with van der Waals surface area (Å²) in [6.45, 7) is 0.0579. The molecule has 3 N–H and O–H groups in total. The van der Waals surface area contributed by atoms with Crippen LogP contribution in [-0.4, -0.2) is 35.7 Å². The third-order valence-corrected chi connectivity index (χ3v) is 5.38. The Morgan fingerprint density at radius 3 is 2.00 bits per heavy atom. The fourth-order valence-corrected chi connectivity index (χ4v) is 3.90. The molecule has 0 aromatic heterocycles. The molecule has 32 heavy (non-hydrogen) atoms. The molecule has 7 nitrogen and oxygen atoms in total. The van der Waals surface area contributed by atoms with Gasteiger partial charge in [0.25, 0.3) is 0 Å². The Balaban J connectivity index is 1.37. The first kappa shape index (κ1) is 21.1. The standard InChI is InChI=1S/C25H22N2O5/c28-23(26-16-8-2-1-3-9-16)14-22(24(29)30)27-25(31)32-15-21-19-12-6-4-10-17(19)18-11-5-7-13-20(18)21/h1-13,21-22H,14-15H2,(H,26,28)(H,27,31)(H,29,30)/t22-/m0/s1. The molecule has 0 fully saturated rings. The van der Waals surface area contributed by atoms with Crippen LogP contribution >= 0.6 is 0 Å². The van der Waals surface area contributed by atoms with Crippen LogP contribution in [0.4, 0.5) is 10.5 Å². The number of ether oxygens (including phenoxy) is 1. The molecule has 0 unspecified atom stereocenters. The lowest BCUT2D eigenvalue weighted by molar-refractivity contribution is -0.140. The molecular weight excluding hydrogens is 408 g/mol. The molecule has 0 saturated carbocycles. The second-order valence-corrected chi connectivity index (χ2v) is 7.48. The van der Waals surface area contributed by atoms with E-state index in [4.69, 9.17) is 4.74 Å². The molecule has 0 radical (unpaired) electrons. The van der Waals surface area contributed by atoms with E-state index in [1.807, 2.05) is 48.5 Å². The Bertz CT molecular complexity index is 1100. The highest BCUT2D eigenvalue weighted by atomic mass is 16.5. The van der Waals surface area contributed by atoms with Crippen LogP contribution in [0.15, 0.2) is 78.9 Å². The number of carbonyl (C=O) groups is 3. The zero-order chi connectivity index (χ0) is 22.5. The van der Waals surface area contributed by atoms with E-state index in [1.165, 1.54) is 0 Å². The van der Waals surface area contributed by atoms with Crippen molar-refractivity contribution in [3.8, 4) is 11.1 Å². The maximum absolute atomic E-state index is 12.4. The van der Waals surface area contributed by atoms with Gasteiger partial charge in [0, 0.05) is 11.6 Å². The number of anilines is 1. The van der Waals surface area contributed by atoms with Gasteiger partial charge in [-0.05, 0) is 34.4 Å². The van der Waals surface area contributed by atoms with Crippen LogP contribution in [0.2, 0.25) is 0 Å². The first-order valence-corrected chi connectivity index (χ1v) is 10.2. The molecule has 1 aliphatic carbocycles. The topological polar surface area (TPSA) is 105 Å². The molecule has 0 spiro atoms. The summed E-state index contributed by atoms with van der Waals surface area (Å²) in [5.74, 6) is -1.98. The van der Waals surface area contributed by atoms with Gasteiger partial charge >= 0.3 is 12.1 Å². The summed E-state index contributed by atoms with van der Waals surface area (Å²) in [6.07, 6.45) is -1.30. The molecule has 0 heterocycles. The monoisotopic (exact) mass is 430 g/mol. The molecule has 0 bridgehead atoms. The van der Waals surface area contributed by atoms with Crippen molar-refractivity contribution in [2.45, 2.75) is 18.4 Å². The quantitative estimate of drug-likeness (QED) is 0.525. The fraction of sp³-hybridized carbons (Fsp3) is 0.160. The van der Waals surface area contributed by atoms with Crippen LogP contribution in [0.25, 0.3) is 11.1 Å². The zero-order valence-electron chi connectivity index (χ0n) is 17.2. The van der Waals surface area contributed by atoms with Crippen LogP contribution in [0.5, 0.6) is 0 Å². The average molecular weight is 430 g/mol. The molecule has 0 aliphatic heterocycles. The first-order chi connectivity index (χ1) is 15.5. The lowest BCUT2D eigenvalue weighted by Crippen LogP contribution is -2.43. The van der Waals surface area contributed by atoms with Crippen molar-refractivity contribution in [3.63, 3.8) is 0 Å². The summed E-state index contributed by atoms with van der Waals surface area (Å²) in [4.78, 5) is 36.1. The minimum absolute atomic E-state index is 0.0579. The number of aliphatic carboxylic acids is 1. The van der Waals surface area contributed by atoms with Crippen molar-refractivity contribution in [1.82, 2.24) is 5.32 Å². The highest BCUT2D eigenvalue weighted by molar-refractivity contribution is 5.95. The summed E-state index contributed by atoms with van der Waals surface area (Å²) in [7, 11) is 0. The number of alkyl carbamates (subject to hydrolysis) is 1. The van der Waals surface area contributed by atoms with Crippen molar-refractivity contribution in [3.05, 3.63) is 90.0 Å². The summed E-state index contributed by atoms with van der Waals surface area (Å²) in [6, 6.07) is 23.1. The van der Waals surface area contributed by atoms with Crippen molar-refractivity contribution in [1.29, 1.82) is 0 Å². The van der Waals surface area contributed by atoms with Crippen molar-refractivity contribution >= 4 is 23.7 Å². The number of fused-ring (bicyclic) bond motifs is 3. The van der Waals surface area contributed by atoms with Gasteiger partial charge in [-0.15, -0.1) is 0 Å². The van der Waals surface area contributed by atoms with E-state index in [-0.39, 0.29) is 12.5 Å². The van der Waals surface area contributed by atoms with E-state index in [2.05, 4.69) is 10.6 Å². The molecule has 1 atom stereocenters. The Labute approximate surface area is 185 Å². The Kier molecular flexibility index (Phi) is 6.17. The van der Waals surface area contributed by atoms with E-state index < -0.39 is 30.4 Å². The first-order valence-electron chi connectivity index (χ1n) is 10.2. The molecule has 3 aromatic rings. The molecule has 1 aliphatic rings. The largest absolute Gasteiger partial charge is 0.480 e. The van der Waals surface area contributed by atoms with E-state index in [0.717, 1.165) is 22.3 Å². The number of para-hydroxylation sites is 1. The highest BCUT2D eigenvalue weighted by Gasteiger charge is 2.30. The van der Waals surface area contributed by atoms with Gasteiger partial charge in [0.1, 0.15) is 12.6 Å². The van der Waals surface area contributed by atoms with E-state index in [0.29, 0.717) is 5.69 Å². The third-order valence-electron chi connectivity index (χ3n) is 5.38. The summed E-state index contributed by atoms with van der Waals surface area (Å²) >= 11 is 0. The number of rotatable bonds is 7. The number of hydrogen-bond donors (Lipinski definition) is 3. The summed E-state index contributed by atoms with van der Waals surface area (Å²) < 4.78 is 5.38. The van der Waals surface area contributed by atoms with Crippen LogP contribution in [0.3, 0.4) is 0 Å². The number of carboxylic acid groups (broad SMARTS) is 1. The maximum atomic E-state index is 12.4. The molecular formula is C25H22N2O5. The molecule has 2 amide bonds. The number of hydrogen-bond acceptors (Lipinski definition) is 4. The van der Waals surface area contributed by atoms with Gasteiger partial charge in [0.2, 0.25) is 5.91 Å². The van der Waals surface area contributed by atoms with Crippen LogP contribution in [0, 0.1) is 0 Å². The normalized spacial score (nSPS) is 12.9. The lowest BCUT2D eigenvalue weighted by atomic mass is 9.98. The number of carboxylic acids is 1. The second-order valence-electron chi connectivity index (χ2n) is 7.48. The van der Waals surface area contributed by atoms with Crippen LogP contribution in [0.1, 0.15) is 23.5 Å². The minimum atomic E-state index is -1.41. The van der Waals surface area contributed by atoms with Gasteiger partial charge in [0.15, 0.2) is 0 Å². The molecule has 0 saturated heterocycles. The number of nitrogens with one attached hydrogen (secondary N) is 2. The number of carbonyl (C=O) groups excluding carboxylic acids is 2. The Hall–Kier alpha value is -4.13. The Morgan fingerprint density at radius 2 is 1.41 bits per heavy atom. The smallest absolute Gasteiger partial charge is 0.407 e. The van der Waals surface area contributed by atoms with Gasteiger partial charge in [-0.3, -0.25) is 4.79 Å². The molecule has 3 aromatic carbocycles. The van der Waals surface area contributed by atoms with E-state index in [9.17, 15) is 19.5 Å². The molecule has 162 valence electrons. The van der Waals surface area contributed by atoms with Crippen LogP contribution in [-0.2, 0) is 14.3 Å². The van der Waals surface area contributed by atoms with Gasteiger partial charge in [-0.2, -0.15) is 0 Å². The van der Waals surface area contributed by atoms with Gasteiger partial charge in [-0.1, -0.05) is 66.7 Å². The van der Waals surface area contributed by atoms with Crippen LogP contribution < -0.4 is 10.6 Å². The zero-order valence-corrected chi connectivity index (χ0v) is 17.2. The van der Waals surface area contributed by atoms with Gasteiger partial charge in [0.05, 0.1) is 6.42 Å². The van der Waals surface area contributed by atoms with E-state index in [1.54, 1.807) is 30.3 Å². The van der Waals surface area contributed by atoms with Crippen molar-refractivity contribution in [2.75, 3.05) is 11.9 Å². The average Bonchev–Trinajstić information content (AvgIpc) is 3.11. The molecule has 4 rings (SSSR count). The van der Waals surface area contributed by atoms with Crippen molar-refractivity contribution < 1.29 is 24.2 Å². The third kappa shape index (κ3) is 4.62. The maximum Gasteiger partial charge on any atom is 0.407 e. The summed E-state index contributed by atoms with van der Waals surface area (Å²) in [5, 5.41) is 14.3. The highest BCUT2D eigenvalue weighted by Crippen LogP contribution is 2.44. The molecule has 7 heteroatoms. The van der Waals surface area contributed by atoms with Gasteiger partial charge in [-0.25, -0.2) is 9.59 Å². The fourth-order valence-electron chi connectivity index (χ4n) is 3.90. The lowest BCUT2D eigenvalue weighted by Gasteiger charge is -2.17. The predicted molar refractivity (Wildman–Crippen MR) is 119 cm³/mol. The number of benzene rings is 3. The Morgan fingerprint density at radius 1 is 0.844 bits per heavy atom. The SMILES string of the molecule is O=C(C[C@H](NC(=O)OCC1c2ccccc2-c2ccccc21)C(=O)O)Nc1ccccc1. The summed E-state index contributed by atoms with van der Waals surface area (Å²) in [5.41, 5.74) is 4.84. The second kappa shape index (κ2) is 9.34. The van der Waals surface area contributed by atoms with Gasteiger partial charge < -0.3 is 20.5 Å².